The van der Waals surface area contributed by atoms with Crippen LogP contribution in [0.1, 0.15) is 44.2 Å². The van der Waals surface area contributed by atoms with Crippen LogP contribution in [0.4, 0.5) is 0 Å². The van der Waals surface area contributed by atoms with E-state index in [1.807, 2.05) is 12.1 Å². The summed E-state index contributed by atoms with van der Waals surface area (Å²) >= 11 is 0. The summed E-state index contributed by atoms with van der Waals surface area (Å²) in [5.41, 5.74) is 7.28. The van der Waals surface area contributed by atoms with Gasteiger partial charge in [0.2, 0.25) is 0 Å². The lowest BCUT2D eigenvalue weighted by Gasteiger charge is -2.32. The second-order valence-corrected chi connectivity index (χ2v) is 5.68. The molecule has 1 saturated carbocycles. The number of benzene rings is 1. The van der Waals surface area contributed by atoms with E-state index >= 15 is 0 Å². The summed E-state index contributed by atoms with van der Waals surface area (Å²) in [7, 11) is 3.38. The molecular weight excluding hydrogens is 264 g/mol. The monoisotopic (exact) mass is 292 g/mol. The first-order valence-corrected chi connectivity index (χ1v) is 7.92. The number of ether oxygens (including phenoxy) is 2. The Hall–Kier alpha value is -1.26. The minimum atomic E-state index is 0.227. The number of nitrogens with two attached hydrogens (primary N) is 1. The Morgan fingerprint density at radius 1 is 1.29 bits per heavy atom. The molecule has 1 aliphatic rings. The smallest absolute Gasteiger partial charge is 0.127 e. The number of nitrogens with zero attached hydrogens (tertiary/aromatic N) is 1. The summed E-state index contributed by atoms with van der Waals surface area (Å²) in [6, 6.07) is 6.95. The van der Waals surface area contributed by atoms with Crippen LogP contribution in [0.2, 0.25) is 0 Å². The summed E-state index contributed by atoms with van der Waals surface area (Å²) in [5.74, 6) is 1.69. The van der Waals surface area contributed by atoms with Crippen molar-refractivity contribution >= 4 is 0 Å². The van der Waals surface area contributed by atoms with Crippen molar-refractivity contribution in [3.8, 4) is 11.5 Å². The third-order valence-corrected chi connectivity index (χ3v) is 4.21. The zero-order chi connectivity index (χ0) is 15.2. The van der Waals surface area contributed by atoms with Gasteiger partial charge in [0.15, 0.2) is 0 Å². The molecule has 0 bridgehead atoms. The van der Waals surface area contributed by atoms with E-state index in [0.29, 0.717) is 12.6 Å². The van der Waals surface area contributed by atoms with Crippen LogP contribution in [-0.2, 0) is 0 Å². The van der Waals surface area contributed by atoms with Gasteiger partial charge in [0.1, 0.15) is 11.5 Å². The lowest BCUT2D eigenvalue weighted by atomic mass is 10.0. The molecule has 118 valence electrons. The number of hydrogen-bond acceptors (Lipinski definition) is 4. The quantitative estimate of drug-likeness (QED) is 0.760. The predicted molar refractivity (Wildman–Crippen MR) is 86.0 cm³/mol. The van der Waals surface area contributed by atoms with E-state index in [2.05, 4.69) is 17.9 Å². The standard InChI is InChI=1S/C17H28N2O2/c1-4-5-10-19(13-6-7-13)16(12-18)15-9-8-14(20-2)11-17(15)21-3/h8-9,11,13,16H,4-7,10,12,18H2,1-3H3. The Kier molecular flexibility index (Phi) is 5.88. The first-order chi connectivity index (χ1) is 10.2. The van der Waals surface area contributed by atoms with Crippen LogP contribution >= 0.6 is 0 Å². The van der Waals surface area contributed by atoms with Crippen molar-refractivity contribution in [3.05, 3.63) is 23.8 Å². The Morgan fingerprint density at radius 3 is 2.57 bits per heavy atom. The molecule has 1 unspecified atom stereocenters. The third-order valence-electron chi connectivity index (χ3n) is 4.21. The summed E-state index contributed by atoms with van der Waals surface area (Å²) in [6.45, 7) is 3.96. The van der Waals surface area contributed by atoms with Gasteiger partial charge in [-0.1, -0.05) is 19.4 Å². The molecule has 21 heavy (non-hydrogen) atoms. The van der Waals surface area contributed by atoms with Gasteiger partial charge in [-0.05, 0) is 31.9 Å². The fourth-order valence-electron chi connectivity index (χ4n) is 2.87. The lowest BCUT2D eigenvalue weighted by molar-refractivity contribution is 0.184. The number of methoxy groups -OCH3 is 2. The molecule has 0 aromatic heterocycles. The highest BCUT2D eigenvalue weighted by atomic mass is 16.5. The maximum absolute atomic E-state index is 6.11. The molecule has 0 saturated heterocycles. The van der Waals surface area contributed by atoms with Crippen molar-refractivity contribution in [1.82, 2.24) is 4.90 Å². The average molecular weight is 292 g/mol. The molecule has 1 aromatic carbocycles. The number of hydrogen-bond donors (Lipinski definition) is 1. The van der Waals surface area contributed by atoms with E-state index in [9.17, 15) is 0 Å². The summed E-state index contributed by atoms with van der Waals surface area (Å²) in [5, 5.41) is 0. The molecule has 1 fully saturated rings. The highest BCUT2D eigenvalue weighted by molar-refractivity contribution is 5.43. The maximum Gasteiger partial charge on any atom is 0.127 e. The fourth-order valence-corrected chi connectivity index (χ4v) is 2.87. The van der Waals surface area contributed by atoms with Gasteiger partial charge >= 0.3 is 0 Å². The van der Waals surface area contributed by atoms with Gasteiger partial charge in [-0.15, -0.1) is 0 Å². The van der Waals surface area contributed by atoms with Crippen LogP contribution in [0.25, 0.3) is 0 Å². The zero-order valence-corrected chi connectivity index (χ0v) is 13.5. The molecule has 0 spiro atoms. The lowest BCUT2D eigenvalue weighted by Crippen LogP contribution is -2.36. The van der Waals surface area contributed by atoms with Crippen LogP contribution in [0.15, 0.2) is 18.2 Å². The molecule has 2 rings (SSSR count). The van der Waals surface area contributed by atoms with Gasteiger partial charge in [0, 0.05) is 24.2 Å². The van der Waals surface area contributed by atoms with Gasteiger partial charge in [-0.25, -0.2) is 0 Å². The average Bonchev–Trinajstić information content (AvgIpc) is 3.35. The third kappa shape index (κ3) is 3.89. The Bertz CT molecular complexity index is 446. The fraction of sp³-hybridized carbons (Fsp3) is 0.647. The molecule has 0 radical (unpaired) electrons. The van der Waals surface area contributed by atoms with Crippen LogP contribution in [0.5, 0.6) is 11.5 Å². The Balaban J connectivity index is 2.25. The van der Waals surface area contributed by atoms with Gasteiger partial charge in [-0.3, -0.25) is 4.90 Å². The first kappa shape index (κ1) is 16.1. The minimum absolute atomic E-state index is 0.227. The largest absolute Gasteiger partial charge is 0.497 e. The molecule has 1 atom stereocenters. The van der Waals surface area contributed by atoms with Gasteiger partial charge in [0.05, 0.1) is 20.3 Å². The van der Waals surface area contributed by atoms with Crippen molar-refractivity contribution in [2.75, 3.05) is 27.3 Å². The van der Waals surface area contributed by atoms with Crippen LogP contribution in [0, 0.1) is 0 Å². The van der Waals surface area contributed by atoms with Crippen molar-refractivity contribution in [2.24, 2.45) is 5.73 Å². The Morgan fingerprint density at radius 2 is 2.05 bits per heavy atom. The van der Waals surface area contributed by atoms with Gasteiger partial charge in [-0.2, -0.15) is 0 Å². The topological polar surface area (TPSA) is 47.7 Å². The molecule has 4 heteroatoms. The van der Waals surface area contributed by atoms with Crippen LogP contribution in [-0.4, -0.2) is 38.3 Å². The minimum Gasteiger partial charge on any atom is -0.497 e. The molecule has 0 aliphatic heterocycles. The first-order valence-electron chi connectivity index (χ1n) is 7.92. The summed E-state index contributed by atoms with van der Waals surface area (Å²) in [6.07, 6.45) is 5.00. The van der Waals surface area contributed by atoms with Crippen molar-refractivity contribution in [2.45, 2.75) is 44.7 Å². The van der Waals surface area contributed by atoms with Crippen molar-refractivity contribution in [1.29, 1.82) is 0 Å². The number of unbranched alkanes of at least 4 members (excludes halogenated alkanes) is 1. The van der Waals surface area contributed by atoms with E-state index in [-0.39, 0.29) is 6.04 Å². The normalized spacial score (nSPS) is 16.0. The summed E-state index contributed by atoms with van der Waals surface area (Å²) in [4.78, 5) is 2.56. The molecule has 0 heterocycles. The van der Waals surface area contributed by atoms with Gasteiger partial charge in [0.25, 0.3) is 0 Å². The van der Waals surface area contributed by atoms with Gasteiger partial charge < -0.3 is 15.2 Å². The molecular formula is C17H28N2O2. The Labute approximate surface area is 128 Å². The maximum atomic E-state index is 6.11. The van der Waals surface area contributed by atoms with Crippen LogP contribution in [0.3, 0.4) is 0 Å². The zero-order valence-electron chi connectivity index (χ0n) is 13.5. The van der Waals surface area contributed by atoms with Crippen molar-refractivity contribution in [3.63, 3.8) is 0 Å². The molecule has 4 nitrogen and oxygen atoms in total. The van der Waals surface area contributed by atoms with E-state index in [1.54, 1.807) is 14.2 Å². The summed E-state index contributed by atoms with van der Waals surface area (Å²) < 4.78 is 10.8. The highest BCUT2D eigenvalue weighted by Gasteiger charge is 2.34. The van der Waals surface area contributed by atoms with E-state index in [0.717, 1.165) is 18.0 Å². The van der Waals surface area contributed by atoms with E-state index < -0.39 is 0 Å². The second kappa shape index (κ2) is 7.66. The molecule has 1 aliphatic carbocycles. The van der Waals surface area contributed by atoms with E-state index in [4.69, 9.17) is 15.2 Å². The highest BCUT2D eigenvalue weighted by Crippen LogP contribution is 2.38. The second-order valence-electron chi connectivity index (χ2n) is 5.68. The molecule has 0 amide bonds. The SMILES string of the molecule is CCCCN(C1CC1)C(CN)c1ccc(OC)cc1OC. The number of rotatable bonds is 9. The van der Waals surface area contributed by atoms with Crippen LogP contribution < -0.4 is 15.2 Å². The molecule has 1 aromatic rings. The molecule has 2 N–H and O–H groups in total. The van der Waals surface area contributed by atoms with E-state index in [1.165, 1.54) is 31.2 Å². The van der Waals surface area contributed by atoms with Crippen molar-refractivity contribution < 1.29 is 9.47 Å². The predicted octanol–water partition coefficient (Wildman–Crippen LogP) is 2.97.